The highest BCUT2D eigenvalue weighted by molar-refractivity contribution is 7.92. The second-order valence-corrected chi connectivity index (χ2v) is 11.0. The fourth-order valence-corrected chi connectivity index (χ4v) is 5.65. The van der Waals surface area contributed by atoms with E-state index in [2.05, 4.69) is 5.32 Å². The molecule has 0 saturated carbocycles. The summed E-state index contributed by atoms with van der Waals surface area (Å²) < 4.78 is 33.7. The number of nitro benzene ring substituents is 1. The summed E-state index contributed by atoms with van der Waals surface area (Å²) in [6.07, 6.45) is 0.976. The third-order valence-corrected chi connectivity index (χ3v) is 8.17. The third kappa shape index (κ3) is 7.82. The van der Waals surface area contributed by atoms with Gasteiger partial charge < -0.3 is 15.0 Å². The number of nitro groups is 1. The van der Waals surface area contributed by atoms with Crippen LogP contribution in [-0.2, 0) is 26.2 Å². The maximum atomic E-state index is 14.0. The van der Waals surface area contributed by atoms with Gasteiger partial charge >= 0.3 is 0 Å². The Kier molecular flexibility index (Phi) is 10.8. The van der Waals surface area contributed by atoms with Crippen LogP contribution in [0.1, 0.15) is 32.3 Å². The monoisotopic (exact) mass is 582 g/mol. The van der Waals surface area contributed by atoms with Crippen molar-refractivity contribution in [3.63, 3.8) is 0 Å². The van der Waals surface area contributed by atoms with Gasteiger partial charge in [-0.05, 0) is 48.7 Å². The molecule has 0 heterocycles. The first-order chi connectivity index (χ1) is 19.6. The number of amides is 2. The third-order valence-electron chi connectivity index (χ3n) is 6.39. The lowest BCUT2D eigenvalue weighted by Crippen LogP contribution is -2.52. The van der Waals surface area contributed by atoms with E-state index in [1.165, 1.54) is 42.3 Å². The number of carbonyl (C=O) groups excluding carboxylic acids is 2. The molecule has 0 saturated heterocycles. The molecule has 0 aromatic heterocycles. The number of non-ortho nitro benzene ring substituents is 1. The van der Waals surface area contributed by atoms with Gasteiger partial charge in [0, 0.05) is 25.2 Å². The van der Waals surface area contributed by atoms with Crippen LogP contribution >= 0.6 is 0 Å². The molecule has 218 valence electrons. The number of hydrogen-bond acceptors (Lipinski definition) is 7. The molecule has 41 heavy (non-hydrogen) atoms. The number of rotatable bonds is 14. The van der Waals surface area contributed by atoms with Crippen LogP contribution < -0.4 is 14.4 Å². The van der Waals surface area contributed by atoms with E-state index in [0.717, 1.165) is 10.4 Å². The van der Waals surface area contributed by atoms with E-state index in [-0.39, 0.29) is 35.1 Å². The Morgan fingerprint density at radius 3 is 2.27 bits per heavy atom. The minimum atomic E-state index is -4.33. The highest BCUT2D eigenvalue weighted by atomic mass is 32.2. The van der Waals surface area contributed by atoms with E-state index in [1.807, 2.05) is 6.92 Å². The molecule has 0 bridgehead atoms. The molecule has 0 fully saturated rings. The van der Waals surface area contributed by atoms with Gasteiger partial charge in [0.2, 0.25) is 11.8 Å². The molecule has 0 aliphatic carbocycles. The van der Waals surface area contributed by atoms with Gasteiger partial charge in [0.25, 0.3) is 15.7 Å². The molecular weight excluding hydrogens is 548 g/mol. The minimum Gasteiger partial charge on any atom is -0.497 e. The molecule has 11 nitrogen and oxygen atoms in total. The molecular formula is C29H34N4O7S. The van der Waals surface area contributed by atoms with Crippen molar-refractivity contribution in [1.82, 2.24) is 10.2 Å². The van der Waals surface area contributed by atoms with Crippen LogP contribution in [0.25, 0.3) is 0 Å². The molecule has 12 heteroatoms. The summed E-state index contributed by atoms with van der Waals surface area (Å²) >= 11 is 0. The van der Waals surface area contributed by atoms with Crippen molar-refractivity contribution in [1.29, 1.82) is 0 Å². The largest absolute Gasteiger partial charge is 0.497 e. The van der Waals surface area contributed by atoms with Crippen LogP contribution in [0.5, 0.6) is 5.75 Å². The van der Waals surface area contributed by atoms with Gasteiger partial charge in [-0.15, -0.1) is 0 Å². The van der Waals surface area contributed by atoms with Crippen molar-refractivity contribution in [2.24, 2.45) is 0 Å². The van der Waals surface area contributed by atoms with E-state index < -0.39 is 33.4 Å². The Labute approximate surface area is 239 Å². The number of hydrogen-bond donors (Lipinski definition) is 1. The van der Waals surface area contributed by atoms with Crippen molar-refractivity contribution < 1.29 is 27.7 Å². The fraction of sp³-hybridized carbons (Fsp3) is 0.310. The molecule has 0 aliphatic rings. The second-order valence-electron chi connectivity index (χ2n) is 9.19. The number of ether oxygens (including phenoxy) is 1. The number of methoxy groups -OCH3 is 1. The molecule has 3 aromatic carbocycles. The number of benzene rings is 3. The summed E-state index contributed by atoms with van der Waals surface area (Å²) in [4.78, 5) is 39.2. The Morgan fingerprint density at radius 2 is 1.68 bits per heavy atom. The van der Waals surface area contributed by atoms with E-state index in [0.29, 0.717) is 24.3 Å². The number of sulfonamides is 1. The van der Waals surface area contributed by atoms with Gasteiger partial charge in [0.1, 0.15) is 18.3 Å². The summed E-state index contributed by atoms with van der Waals surface area (Å²) in [5.74, 6) is -0.389. The lowest BCUT2D eigenvalue weighted by Gasteiger charge is -2.33. The van der Waals surface area contributed by atoms with Gasteiger partial charge in [0.05, 0.1) is 22.6 Å². The second kappa shape index (κ2) is 14.3. The van der Waals surface area contributed by atoms with Crippen molar-refractivity contribution >= 4 is 33.2 Å². The smallest absolute Gasteiger partial charge is 0.271 e. The summed E-state index contributed by atoms with van der Waals surface area (Å²) in [5.41, 5.74) is 0.321. The normalized spacial score (nSPS) is 11.8. The predicted molar refractivity (Wildman–Crippen MR) is 155 cm³/mol. The molecule has 0 radical (unpaired) electrons. The summed E-state index contributed by atoms with van der Waals surface area (Å²) in [5, 5.41) is 14.3. The van der Waals surface area contributed by atoms with Gasteiger partial charge in [-0.3, -0.25) is 24.0 Å². The lowest BCUT2D eigenvalue weighted by molar-refractivity contribution is -0.384. The average Bonchev–Trinajstić information content (AvgIpc) is 2.99. The molecule has 1 atom stereocenters. The lowest BCUT2D eigenvalue weighted by atomic mass is 10.1. The zero-order chi connectivity index (χ0) is 30.0. The number of anilines is 1. The topological polar surface area (TPSA) is 139 Å². The van der Waals surface area contributed by atoms with Gasteiger partial charge in [-0.2, -0.15) is 0 Å². The van der Waals surface area contributed by atoms with Crippen LogP contribution in [0.4, 0.5) is 11.4 Å². The molecule has 0 spiro atoms. The summed E-state index contributed by atoms with van der Waals surface area (Å²) in [6, 6.07) is 18.7. The Balaban J connectivity index is 2.07. The van der Waals surface area contributed by atoms with Crippen molar-refractivity contribution in [3.8, 4) is 5.75 Å². The van der Waals surface area contributed by atoms with Crippen LogP contribution in [0, 0.1) is 10.1 Å². The molecule has 0 aliphatic heterocycles. The molecule has 3 rings (SSSR count). The van der Waals surface area contributed by atoms with E-state index in [4.69, 9.17) is 4.74 Å². The molecule has 0 unspecified atom stereocenters. The van der Waals surface area contributed by atoms with Crippen molar-refractivity contribution in [3.05, 3.63) is 94.5 Å². The van der Waals surface area contributed by atoms with Crippen LogP contribution in [-0.4, -0.2) is 56.3 Å². The Morgan fingerprint density at radius 1 is 1.00 bits per heavy atom. The highest BCUT2D eigenvalue weighted by Crippen LogP contribution is 2.28. The maximum Gasteiger partial charge on any atom is 0.271 e. The SMILES string of the molecule is CCCNC(=O)[C@H](CC)N(Cc1ccc(OC)cc1)C(=O)CN(c1cccc([N+](=O)[O-])c1)S(=O)(=O)c1ccccc1. The fourth-order valence-electron chi connectivity index (χ4n) is 4.22. The first-order valence-electron chi connectivity index (χ1n) is 13.1. The quantitative estimate of drug-likeness (QED) is 0.223. The number of carbonyl (C=O) groups is 2. The van der Waals surface area contributed by atoms with E-state index in [1.54, 1.807) is 49.4 Å². The van der Waals surface area contributed by atoms with Crippen molar-refractivity contribution in [2.75, 3.05) is 24.5 Å². The number of nitrogens with zero attached hydrogens (tertiary/aromatic N) is 3. The van der Waals surface area contributed by atoms with Gasteiger partial charge in [-0.25, -0.2) is 8.42 Å². The molecule has 1 N–H and O–H groups in total. The number of nitrogens with one attached hydrogen (secondary N) is 1. The van der Waals surface area contributed by atoms with Gasteiger partial charge in [0.15, 0.2) is 0 Å². The van der Waals surface area contributed by atoms with Crippen LogP contribution in [0.15, 0.2) is 83.8 Å². The molecule has 3 aromatic rings. The zero-order valence-corrected chi connectivity index (χ0v) is 24.0. The van der Waals surface area contributed by atoms with Crippen LogP contribution in [0.3, 0.4) is 0 Å². The van der Waals surface area contributed by atoms with E-state index in [9.17, 15) is 28.1 Å². The first kappa shape index (κ1) is 31.1. The summed E-state index contributed by atoms with van der Waals surface area (Å²) in [7, 11) is -2.79. The Hall–Kier alpha value is -4.45. The van der Waals surface area contributed by atoms with E-state index >= 15 is 0 Å². The highest BCUT2D eigenvalue weighted by Gasteiger charge is 2.34. The zero-order valence-electron chi connectivity index (χ0n) is 23.2. The van der Waals surface area contributed by atoms with Crippen LogP contribution in [0.2, 0.25) is 0 Å². The summed E-state index contributed by atoms with van der Waals surface area (Å²) in [6.45, 7) is 3.43. The van der Waals surface area contributed by atoms with Crippen molar-refractivity contribution in [2.45, 2.75) is 44.2 Å². The van der Waals surface area contributed by atoms with Gasteiger partial charge in [-0.1, -0.05) is 50.2 Å². The maximum absolute atomic E-state index is 14.0. The average molecular weight is 583 g/mol. The standard InChI is InChI=1S/C29H34N4O7S/c1-4-18-30-29(35)27(5-2)31(20-22-14-16-25(40-3)17-15-22)28(34)21-32(23-10-9-11-24(19-23)33(36)37)41(38,39)26-12-7-6-8-13-26/h6-17,19,27H,4-5,18,20-21H2,1-3H3,(H,30,35)/t27-/m0/s1. The molecule has 2 amide bonds. The predicted octanol–water partition coefficient (Wildman–Crippen LogP) is 4.13. The minimum absolute atomic E-state index is 0.0229. The first-order valence-corrected chi connectivity index (χ1v) is 14.6. The Bertz CT molecular complexity index is 1450.